The first-order valence-electron chi connectivity index (χ1n) is 6.24. The van der Waals surface area contributed by atoms with Crippen LogP contribution < -0.4 is 4.90 Å². The van der Waals surface area contributed by atoms with E-state index in [9.17, 15) is 0 Å². The molecule has 18 heavy (non-hydrogen) atoms. The van der Waals surface area contributed by atoms with Crippen LogP contribution in [-0.2, 0) is 0 Å². The SMILES string of the molecule is Cc1csc2c(N3CCC(C)C(Cl)C3)ncnc12. The minimum Gasteiger partial charge on any atom is -0.354 e. The fourth-order valence-corrected chi connectivity index (χ4v) is 3.71. The molecule has 0 radical (unpaired) electrons. The first kappa shape index (κ1) is 12.2. The van der Waals surface area contributed by atoms with Gasteiger partial charge in [-0.15, -0.1) is 22.9 Å². The van der Waals surface area contributed by atoms with E-state index in [1.807, 2.05) is 0 Å². The molecular formula is C13H16ClN3S. The highest BCUT2D eigenvalue weighted by atomic mass is 35.5. The lowest BCUT2D eigenvalue weighted by Gasteiger charge is -2.34. The maximum absolute atomic E-state index is 6.39. The van der Waals surface area contributed by atoms with Gasteiger partial charge in [-0.25, -0.2) is 9.97 Å². The van der Waals surface area contributed by atoms with Crippen LogP contribution in [-0.4, -0.2) is 28.4 Å². The maximum atomic E-state index is 6.39. The number of hydrogen-bond donors (Lipinski definition) is 0. The van der Waals surface area contributed by atoms with E-state index in [-0.39, 0.29) is 5.38 Å². The number of rotatable bonds is 1. The van der Waals surface area contributed by atoms with Crippen LogP contribution in [0, 0.1) is 12.8 Å². The quantitative estimate of drug-likeness (QED) is 0.750. The van der Waals surface area contributed by atoms with E-state index < -0.39 is 0 Å². The molecule has 0 aromatic carbocycles. The zero-order valence-electron chi connectivity index (χ0n) is 10.6. The van der Waals surface area contributed by atoms with Crippen molar-refractivity contribution >= 4 is 39.0 Å². The van der Waals surface area contributed by atoms with E-state index in [4.69, 9.17) is 11.6 Å². The molecule has 1 fully saturated rings. The third-order valence-corrected chi connectivity index (χ3v) is 5.33. The fraction of sp³-hybridized carbons (Fsp3) is 0.538. The molecule has 2 atom stereocenters. The summed E-state index contributed by atoms with van der Waals surface area (Å²) in [5.41, 5.74) is 2.31. The molecule has 2 unspecified atom stereocenters. The summed E-state index contributed by atoms with van der Waals surface area (Å²) in [6.45, 7) is 6.23. The smallest absolute Gasteiger partial charge is 0.150 e. The Balaban J connectivity index is 1.99. The van der Waals surface area contributed by atoms with E-state index in [1.54, 1.807) is 17.7 Å². The molecule has 0 spiro atoms. The van der Waals surface area contributed by atoms with Crippen molar-refractivity contribution in [2.45, 2.75) is 25.6 Å². The second-order valence-corrected chi connectivity index (χ2v) is 6.46. The monoisotopic (exact) mass is 281 g/mol. The minimum absolute atomic E-state index is 0.213. The second-order valence-electron chi connectivity index (χ2n) is 5.02. The molecule has 5 heteroatoms. The molecule has 0 amide bonds. The third-order valence-electron chi connectivity index (χ3n) is 3.68. The van der Waals surface area contributed by atoms with Gasteiger partial charge in [-0.05, 0) is 30.2 Å². The molecule has 2 aromatic heterocycles. The van der Waals surface area contributed by atoms with Crippen molar-refractivity contribution in [3.05, 3.63) is 17.3 Å². The number of nitrogens with zero attached hydrogens (tertiary/aromatic N) is 3. The van der Waals surface area contributed by atoms with Crippen LogP contribution in [0.5, 0.6) is 0 Å². The first-order chi connectivity index (χ1) is 8.66. The molecule has 0 N–H and O–H groups in total. The molecule has 0 saturated carbocycles. The van der Waals surface area contributed by atoms with E-state index >= 15 is 0 Å². The van der Waals surface area contributed by atoms with Gasteiger partial charge >= 0.3 is 0 Å². The highest BCUT2D eigenvalue weighted by molar-refractivity contribution is 7.18. The van der Waals surface area contributed by atoms with Crippen LogP contribution in [0.15, 0.2) is 11.7 Å². The lowest BCUT2D eigenvalue weighted by molar-refractivity contribution is 0.444. The Bertz CT molecular complexity index is 568. The number of anilines is 1. The Labute approximate surface area is 116 Å². The van der Waals surface area contributed by atoms with Crippen LogP contribution in [0.3, 0.4) is 0 Å². The maximum Gasteiger partial charge on any atom is 0.150 e. The summed E-state index contributed by atoms with van der Waals surface area (Å²) in [5, 5.41) is 2.36. The predicted octanol–water partition coefficient (Wildman–Crippen LogP) is 3.45. The van der Waals surface area contributed by atoms with Crippen molar-refractivity contribution in [3.8, 4) is 0 Å². The molecule has 1 aliphatic heterocycles. The van der Waals surface area contributed by atoms with Crippen LogP contribution >= 0.6 is 22.9 Å². The number of fused-ring (bicyclic) bond motifs is 1. The first-order valence-corrected chi connectivity index (χ1v) is 7.56. The van der Waals surface area contributed by atoms with Gasteiger partial charge in [0, 0.05) is 13.1 Å². The number of aryl methyl sites for hydroxylation is 1. The van der Waals surface area contributed by atoms with Gasteiger partial charge in [-0.1, -0.05) is 6.92 Å². The van der Waals surface area contributed by atoms with Gasteiger partial charge < -0.3 is 4.90 Å². The van der Waals surface area contributed by atoms with Crippen LogP contribution in [0.4, 0.5) is 5.82 Å². The molecule has 3 heterocycles. The van der Waals surface area contributed by atoms with Gasteiger partial charge in [0.05, 0.1) is 15.6 Å². The number of aromatic nitrogens is 2. The van der Waals surface area contributed by atoms with Gasteiger partial charge in [0.25, 0.3) is 0 Å². The summed E-state index contributed by atoms with van der Waals surface area (Å²) in [7, 11) is 0. The van der Waals surface area contributed by atoms with Crippen molar-refractivity contribution < 1.29 is 0 Å². The molecule has 3 rings (SSSR count). The number of halogens is 1. The number of alkyl halides is 1. The van der Waals surface area contributed by atoms with Crippen molar-refractivity contribution in [3.63, 3.8) is 0 Å². The summed E-state index contributed by atoms with van der Waals surface area (Å²) in [6, 6.07) is 0. The standard InChI is InChI=1S/C13H16ClN3S/c1-8-3-4-17(5-10(8)14)13-12-11(15-7-16-13)9(2)6-18-12/h6-8,10H,3-5H2,1-2H3. The van der Waals surface area contributed by atoms with Gasteiger partial charge in [-0.3, -0.25) is 0 Å². The van der Waals surface area contributed by atoms with E-state index in [1.165, 1.54) is 10.3 Å². The van der Waals surface area contributed by atoms with Crippen LogP contribution in [0.2, 0.25) is 0 Å². The topological polar surface area (TPSA) is 29.0 Å². The van der Waals surface area contributed by atoms with Crippen molar-refractivity contribution in [2.75, 3.05) is 18.0 Å². The number of piperidine rings is 1. The summed E-state index contributed by atoms with van der Waals surface area (Å²) < 4.78 is 1.19. The number of hydrogen-bond acceptors (Lipinski definition) is 4. The third kappa shape index (κ3) is 1.97. The van der Waals surface area contributed by atoms with Crippen LogP contribution in [0.25, 0.3) is 10.2 Å². The average Bonchev–Trinajstić information content (AvgIpc) is 2.75. The molecule has 0 bridgehead atoms. The predicted molar refractivity (Wildman–Crippen MR) is 77.8 cm³/mol. The van der Waals surface area contributed by atoms with Gasteiger partial charge in [0.1, 0.15) is 12.1 Å². The normalized spacial score (nSPS) is 24.7. The molecule has 1 saturated heterocycles. The van der Waals surface area contributed by atoms with Crippen LogP contribution in [0.1, 0.15) is 18.9 Å². The number of thiophene rings is 1. The Hall–Kier alpha value is -0.870. The van der Waals surface area contributed by atoms with E-state index in [0.717, 1.165) is 30.8 Å². The highest BCUT2D eigenvalue weighted by Crippen LogP contribution is 2.33. The van der Waals surface area contributed by atoms with E-state index in [2.05, 4.69) is 34.1 Å². The van der Waals surface area contributed by atoms with Crippen molar-refractivity contribution in [2.24, 2.45) is 5.92 Å². The zero-order chi connectivity index (χ0) is 12.7. The van der Waals surface area contributed by atoms with Gasteiger partial charge in [-0.2, -0.15) is 0 Å². The summed E-state index contributed by atoms with van der Waals surface area (Å²) in [6.07, 6.45) is 2.79. The molecule has 0 aliphatic carbocycles. The summed E-state index contributed by atoms with van der Waals surface area (Å²) >= 11 is 8.11. The minimum atomic E-state index is 0.213. The Morgan fingerprint density at radius 3 is 3.06 bits per heavy atom. The van der Waals surface area contributed by atoms with Gasteiger partial charge in [0.15, 0.2) is 0 Å². The van der Waals surface area contributed by atoms with Crippen molar-refractivity contribution in [1.29, 1.82) is 0 Å². The van der Waals surface area contributed by atoms with Crippen molar-refractivity contribution in [1.82, 2.24) is 9.97 Å². The highest BCUT2D eigenvalue weighted by Gasteiger charge is 2.26. The average molecular weight is 282 g/mol. The summed E-state index contributed by atoms with van der Waals surface area (Å²) in [5.74, 6) is 1.64. The molecule has 1 aliphatic rings. The zero-order valence-corrected chi connectivity index (χ0v) is 12.1. The molecular weight excluding hydrogens is 266 g/mol. The Kier molecular flexibility index (Phi) is 3.16. The lowest BCUT2D eigenvalue weighted by Crippen LogP contribution is -2.40. The molecule has 96 valence electrons. The largest absolute Gasteiger partial charge is 0.354 e. The lowest BCUT2D eigenvalue weighted by atomic mass is 9.98. The fourth-order valence-electron chi connectivity index (χ4n) is 2.40. The van der Waals surface area contributed by atoms with E-state index in [0.29, 0.717) is 5.92 Å². The Morgan fingerprint density at radius 1 is 1.44 bits per heavy atom. The molecule has 3 nitrogen and oxygen atoms in total. The second kappa shape index (κ2) is 4.67. The molecule has 2 aromatic rings. The Morgan fingerprint density at radius 2 is 2.28 bits per heavy atom. The van der Waals surface area contributed by atoms with Gasteiger partial charge in [0.2, 0.25) is 0 Å². The summed E-state index contributed by atoms with van der Waals surface area (Å²) in [4.78, 5) is 11.1.